The van der Waals surface area contributed by atoms with Gasteiger partial charge < -0.3 is 10.6 Å². The molecular formula is C26H19N5O2S. The number of nitrogens with one attached hydrogen (secondary N) is 1. The minimum atomic E-state index is -0.791. The Morgan fingerprint density at radius 3 is 2.59 bits per heavy atom. The summed E-state index contributed by atoms with van der Waals surface area (Å²) in [5.41, 5.74) is 9.18. The first kappa shape index (κ1) is 21.4. The van der Waals surface area contributed by atoms with E-state index < -0.39 is 6.04 Å². The quantitative estimate of drug-likeness (QED) is 0.446. The van der Waals surface area contributed by atoms with Crippen molar-refractivity contribution >= 4 is 34.1 Å². The van der Waals surface area contributed by atoms with Gasteiger partial charge in [-0.05, 0) is 35.4 Å². The molecule has 3 N–H and O–H groups in total. The number of hydrogen-bond acceptors (Lipinski definition) is 6. The highest BCUT2D eigenvalue weighted by atomic mass is 32.1. The van der Waals surface area contributed by atoms with Crippen LogP contribution in [-0.4, -0.2) is 26.7 Å². The van der Waals surface area contributed by atoms with Crippen molar-refractivity contribution in [1.82, 2.24) is 14.9 Å². The maximum absolute atomic E-state index is 13.4. The number of aromatic nitrogens is 2. The molecule has 0 bridgehead atoms. The number of carbonyl (C=O) groups is 2. The van der Waals surface area contributed by atoms with Gasteiger partial charge in [0, 0.05) is 41.0 Å². The summed E-state index contributed by atoms with van der Waals surface area (Å²) in [6, 6.07) is 17.5. The van der Waals surface area contributed by atoms with Crippen molar-refractivity contribution in [3.63, 3.8) is 0 Å². The van der Waals surface area contributed by atoms with E-state index in [1.807, 2.05) is 42.5 Å². The number of benzene rings is 2. The van der Waals surface area contributed by atoms with Crippen LogP contribution >= 0.6 is 11.3 Å². The number of hydrogen-bond donors (Lipinski definition) is 2. The smallest absolute Gasteiger partial charge is 0.255 e. The van der Waals surface area contributed by atoms with Gasteiger partial charge in [-0.1, -0.05) is 48.2 Å². The van der Waals surface area contributed by atoms with E-state index in [9.17, 15) is 9.59 Å². The van der Waals surface area contributed by atoms with Crippen LogP contribution in [0.3, 0.4) is 0 Å². The molecule has 2 aromatic heterocycles. The molecule has 5 rings (SSSR count). The highest BCUT2D eigenvalue weighted by Crippen LogP contribution is 2.33. The topological polar surface area (TPSA) is 101 Å². The van der Waals surface area contributed by atoms with Crippen molar-refractivity contribution in [2.75, 3.05) is 11.1 Å². The lowest BCUT2D eigenvalue weighted by atomic mass is 10.0. The van der Waals surface area contributed by atoms with Crippen LogP contribution in [0, 0.1) is 11.8 Å². The van der Waals surface area contributed by atoms with Crippen molar-refractivity contribution in [2.24, 2.45) is 0 Å². The van der Waals surface area contributed by atoms with Gasteiger partial charge in [0.05, 0.1) is 0 Å². The van der Waals surface area contributed by atoms with E-state index in [0.717, 1.165) is 16.7 Å². The average Bonchev–Trinajstić information content (AvgIpc) is 3.48. The van der Waals surface area contributed by atoms with Crippen LogP contribution in [0.25, 0.3) is 0 Å². The van der Waals surface area contributed by atoms with E-state index in [2.05, 4.69) is 27.1 Å². The number of thiazole rings is 1. The molecule has 34 heavy (non-hydrogen) atoms. The van der Waals surface area contributed by atoms with E-state index in [1.54, 1.807) is 40.9 Å². The fourth-order valence-electron chi connectivity index (χ4n) is 3.80. The second-order valence-corrected chi connectivity index (χ2v) is 8.56. The van der Waals surface area contributed by atoms with Crippen molar-refractivity contribution in [3.05, 3.63) is 106 Å². The molecule has 1 aliphatic rings. The van der Waals surface area contributed by atoms with Crippen LogP contribution < -0.4 is 11.1 Å². The Morgan fingerprint density at radius 2 is 1.85 bits per heavy atom. The molecule has 2 aromatic carbocycles. The number of amides is 2. The van der Waals surface area contributed by atoms with E-state index in [-0.39, 0.29) is 11.8 Å². The second kappa shape index (κ2) is 9.17. The summed E-state index contributed by atoms with van der Waals surface area (Å²) in [4.78, 5) is 36.5. The standard InChI is InChI=1S/C26H19N5O2S/c27-22-11-9-18(15-29-22)7-6-17-8-10-20-16-31(25(33)21(20)14-17)23(19-4-2-1-3-5-19)24(32)30-26-28-12-13-34-26/h1-5,8-15,23H,16H2,(H2,27,29)(H,28,30,32)/t23-/m1/s1. The van der Waals surface area contributed by atoms with Crippen molar-refractivity contribution in [1.29, 1.82) is 0 Å². The summed E-state index contributed by atoms with van der Waals surface area (Å²) in [6.45, 7) is 0.328. The number of rotatable bonds is 4. The molecule has 0 radical (unpaired) electrons. The van der Waals surface area contributed by atoms with Crippen LogP contribution in [0.1, 0.15) is 38.7 Å². The van der Waals surface area contributed by atoms with Gasteiger partial charge in [-0.3, -0.25) is 14.9 Å². The number of nitrogen functional groups attached to an aromatic ring is 1. The summed E-state index contributed by atoms with van der Waals surface area (Å²) < 4.78 is 0. The fourth-order valence-corrected chi connectivity index (χ4v) is 4.33. The predicted molar refractivity (Wildman–Crippen MR) is 131 cm³/mol. The molecule has 3 heterocycles. The van der Waals surface area contributed by atoms with Crippen LogP contribution in [0.15, 0.2) is 78.4 Å². The molecule has 0 fully saturated rings. The Hall–Kier alpha value is -4.48. The number of pyridine rings is 1. The zero-order valence-electron chi connectivity index (χ0n) is 17.9. The SMILES string of the molecule is Nc1ccc(C#Cc2ccc3c(c2)C(=O)N([C@@H](C(=O)Nc2nccs2)c2ccccc2)C3)cn1. The van der Waals surface area contributed by atoms with Gasteiger partial charge in [0.25, 0.3) is 11.8 Å². The zero-order chi connectivity index (χ0) is 23.5. The zero-order valence-corrected chi connectivity index (χ0v) is 18.8. The highest BCUT2D eigenvalue weighted by Gasteiger charge is 2.37. The Labute approximate surface area is 200 Å². The van der Waals surface area contributed by atoms with Gasteiger partial charge in [-0.2, -0.15) is 0 Å². The third-order valence-corrected chi connectivity index (χ3v) is 6.11. The molecule has 1 atom stereocenters. The largest absolute Gasteiger partial charge is 0.384 e. The third-order valence-electron chi connectivity index (χ3n) is 5.42. The fraction of sp³-hybridized carbons (Fsp3) is 0.0769. The Balaban J connectivity index is 1.43. The molecule has 1 aliphatic heterocycles. The van der Waals surface area contributed by atoms with Gasteiger partial charge in [-0.25, -0.2) is 9.97 Å². The van der Waals surface area contributed by atoms with Gasteiger partial charge in [0.15, 0.2) is 5.13 Å². The number of anilines is 2. The van der Waals surface area contributed by atoms with Gasteiger partial charge in [0.1, 0.15) is 11.9 Å². The summed E-state index contributed by atoms with van der Waals surface area (Å²) >= 11 is 1.33. The van der Waals surface area contributed by atoms with Crippen molar-refractivity contribution in [3.8, 4) is 11.8 Å². The first-order valence-corrected chi connectivity index (χ1v) is 11.4. The molecule has 0 spiro atoms. The van der Waals surface area contributed by atoms with Crippen LogP contribution in [-0.2, 0) is 11.3 Å². The second-order valence-electron chi connectivity index (χ2n) is 7.67. The molecule has 4 aromatic rings. The van der Waals surface area contributed by atoms with Gasteiger partial charge in [-0.15, -0.1) is 11.3 Å². The number of carbonyl (C=O) groups excluding carboxylic acids is 2. The summed E-state index contributed by atoms with van der Waals surface area (Å²) in [5.74, 6) is 6.02. The molecule has 0 saturated heterocycles. The lowest BCUT2D eigenvalue weighted by molar-refractivity contribution is -0.120. The van der Waals surface area contributed by atoms with E-state index in [0.29, 0.717) is 28.6 Å². The first-order valence-electron chi connectivity index (χ1n) is 10.5. The molecule has 8 heteroatoms. The lowest BCUT2D eigenvalue weighted by Gasteiger charge is -2.27. The number of nitrogens with two attached hydrogens (primary N) is 1. The first-order chi connectivity index (χ1) is 16.6. The lowest BCUT2D eigenvalue weighted by Crippen LogP contribution is -2.37. The van der Waals surface area contributed by atoms with E-state index >= 15 is 0 Å². The molecule has 7 nitrogen and oxygen atoms in total. The third kappa shape index (κ3) is 4.37. The molecule has 0 unspecified atom stereocenters. The van der Waals surface area contributed by atoms with Crippen molar-refractivity contribution in [2.45, 2.75) is 12.6 Å². The van der Waals surface area contributed by atoms with E-state index in [1.165, 1.54) is 11.3 Å². The molecule has 166 valence electrons. The minimum absolute atomic E-state index is 0.212. The Bertz CT molecular complexity index is 1410. The van der Waals surface area contributed by atoms with Gasteiger partial charge >= 0.3 is 0 Å². The summed E-state index contributed by atoms with van der Waals surface area (Å²) in [5, 5.41) is 5.11. The molecule has 2 amide bonds. The Kier molecular flexibility index (Phi) is 5.77. The molecular weight excluding hydrogens is 446 g/mol. The van der Waals surface area contributed by atoms with E-state index in [4.69, 9.17) is 5.73 Å². The van der Waals surface area contributed by atoms with Gasteiger partial charge in [0.2, 0.25) is 0 Å². The monoisotopic (exact) mass is 465 g/mol. The number of fused-ring (bicyclic) bond motifs is 1. The molecule has 0 saturated carbocycles. The maximum atomic E-state index is 13.4. The van der Waals surface area contributed by atoms with Crippen LogP contribution in [0.2, 0.25) is 0 Å². The maximum Gasteiger partial charge on any atom is 0.255 e. The molecule has 0 aliphatic carbocycles. The average molecular weight is 466 g/mol. The van der Waals surface area contributed by atoms with Crippen LogP contribution in [0.4, 0.5) is 10.9 Å². The Morgan fingerprint density at radius 1 is 1.06 bits per heavy atom. The predicted octanol–water partition coefficient (Wildman–Crippen LogP) is 3.86. The number of nitrogens with zero attached hydrogens (tertiary/aromatic N) is 3. The van der Waals surface area contributed by atoms with Crippen molar-refractivity contribution < 1.29 is 9.59 Å². The summed E-state index contributed by atoms with van der Waals surface area (Å²) in [6.07, 6.45) is 3.23. The summed E-state index contributed by atoms with van der Waals surface area (Å²) in [7, 11) is 0. The highest BCUT2D eigenvalue weighted by molar-refractivity contribution is 7.13. The normalized spacial score (nSPS) is 13.1. The minimum Gasteiger partial charge on any atom is -0.384 e. The van der Waals surface area contributed by atoms with Crippen LogP contribution in [0.5, 0.6) is 0 Å².